The Morgan fingerprint density at radius 1 is 0.880 bits per heavy atom. The summed E-state index contributed by atoms with van der Waals surface area (Å²) in [6, 6.07) is 13.5. The Kier molecular flexibility index (Phi) is 3.83. The molecule has 0 atom stereocenters. The number of benzene rings is 2. The number of carbonyl (C=O) groups excluding carboxylic acids is 1. The minimum Gasteiger partial charge on any atom is -0.479 e. The molecule has 0 heterocycles. The molecule has 0 aliphatic heterocycles. The Bertz CT molecular complexity index is 831. The number of hydrogen-bond acceptors (Lipinski definition) is 2. The Morgan fingerprint density at radius 2 is 1.52 bits per heavy atom. The summed E-state index contributed by atoms with van der Waals surface area (Å²) in [5, 5.41) is 12.7. The number of carboxylic acids is 1. The molecule has 4 rings (SSSR count). The lowest BCUT2D eigenvalue weighted by Crippen LogP contribution is -2.55. The predicted octanol–water partition coefficient (Wildman–Crippen LogP) is 2.92. The molecule has 0 bridgehead atoms. The van der Waals surface area contributed by atoms with E-state index in [0.29, 0.717) is 18.4 Å². The SMILES string of the molecule is O=C(NC1(C(=O)O)Cc2ccccc2C1)c1cccc2c1CCCC2. The fourth-order valence-electron chi connectivity index (χ4n) is 4.19. The molecule has 0 spiro atoms. The third kappa shape index (κ3) is 2.72. The average Bonchev–Trinajstić information content (AvgIpc) is 3.00. The van der Waals surface area contributed by atoms with E-state index < -0.39 is 11.5 Å². The van der Waals surface area contributed by atoms with Gasteiger partial charge < -0.3 is 10.4 Å². The molecule has 0 unspecified atom stereocenters. The van der Waals surface area contributed by atoms with E-state index in [4.69, 9.17) is 0 Å². The van der Waals surface area contributed by atoms with Crippen LogP contribution >= 0.6 is 0 Å². The van der Waals surface area contributed by atoms with Crippen molar-refractivity contribution in [2.45, 2.75) is 44.1 Å². The molecule has 25 heavy (non-hydrogen) atoms. The monoisotopic (exact) mass is 335 g/mol. The van der Waals surface area contributed by atoms with Crippen LogP contribution in [0, 0.1) is 0 Å². The van der Waals surface area contributed by atoms with E-state index >= 15 is 0 Å². The van der Waals surface area contributed by atoms with Crippen LogP contribution in [-0.2, 0) is 30.5 Å². The number of amides is 1. The highest BCUT2D eigenvalue weighted by Crippen LogP contribution is 2.31. The fraction of sp³-hybridized carbons (Fsp3) is 0.333. The lowest BCUT2D eigenvalue weighted by atomic mass is 9.87. The number of hydrogen-bond donors (Lipinski definition) is 2. The second kappa shape index (κ2) is 6.03. The number of aliphatic carboxylic acids is 1. The summed E-state index contributed by atoms with van der Waals surface area (Å²) in [7, 11) is 0. The van der Waals surface area contributed by atoms with Crippen molar-refractivity contribution in [3.05, 3.63) is 70.3 Å². The largest absolute Gasteiger partial charge is 0.479 e. The minimum absolute atomic E-state index is 0.269. The van der Waals surface area contributed by atoms with Crippen LogP contribution in [0.25, 0.3) is 0 Å². The van der Waals surface area contributed by atoms with E-state index in [2.05, 4.69) is 11.4 Å². The van der Waals surface area contributed by atoms with Crippen LogP contribution in [0.3, 0.4) is 0 Å². The Labute approximate surface area is 146 Å². The van der Waals surface area contributed by atoms with Crippen LogP contribution in [0.1, 0.15) is 45.5 Å². The van der Waals surface area contributed by atoms with Crippen molar-refractivity contribution in [1.29, 1.82) is 0 Å². The van der Waals surface area contributed by atoms with Crippen LogP contribution in [0.2, 0.25) is 0 Å². The van der Waals surface area contributed by atoms with Gasteiger partial charge in [0, 0.05) is 18.4 Å². The molecule has 0 radical (unpaired) electrons. The van der Waals surface area contributed by atoms with E-state index in [1.807, 2.05) is 36.4 Å². The quantitative estimate of drug-likeness (QED) is 0.906. The third-order valence-electron chi connectivity index (χ3n) is 5.51. The van der Waals surface area contributed by atoms with Crippen molar-refractivity contribution in [3.8, 4) is 0 Å². The maximum absolute atomic E-state index is 13.0. The van der Waals surface area contributed by atoms with Gasteiger partial charge in [-0.3, -0.25) is 4.79 Å². The predicted molar refractivity (Wildman–Crippen MR) is 94.8 cm³/mol. The van der Waals surface area contributed by atoms with E-state index in [-0.39, 0.29) is 5.91 Å². The van der Waals surface area contributed by atoms with Crippen molar-refractivity contribution in [2.75, 3.05) is 0 Å². The number of rotatable bonds is 3. The first-order valence-corrected chi connectivity index (χ1v) is 8.82. The summed E-state index contributed by atoms with van der Waals surface area (Å²) in [6.07, 6.45) is 4.77. The van der Waals surface area contributed by atoms with Gasteiger partial charge in [-0.2, -0.15) is 0 Å². The van der Waals surface area contributed by atoms with Crippen LogP contribution in [0.5, 0.6) is 0 Å². The van der Waals surface area contributed by atoms with E-state index in [1.165, 1.54) is 5.56 Å². The molecule has 1 amide bonds. The van der Waals surface area contributed by atoms with Gasteiger partial charge in [0.25, 0.3) is 5.91 Å². The molecule has 2 aromatic rings. The summed E-state index contributed by atoms with van der Waals surface area (Å²) in [5.41, 5.74) is 3.69. The molecule has 0 saturated heterocycles. The first-order valence-electron chi connectivity index (χ1n) is 8.82. The maximum atomic E-state index is 13.0. The topological polar surface area (TPSA) is 66.4 Å². The highest BCUT2D eigenvalue weighted by molar-refractivity contribution is 5.99. The van der Waals surface area contributed by atoms with Crippen molar-refractivity contribution >= 4 is 11.9 Å². The second-order valence-electron chi connectivity index (χ2n) is 7.11. The molecule has 0 saturated carbocycles. The van der Waals surface area contributed by atoms with Gasteiger partial charge in [0.1, 0.15) is 5.54 Å². The van der Waals surface area contributed by atoms with Crippen LogP contribution in [0.15, 0.2) is 42.5 Å². The summed E-state index contributed by atoms with van der Waals surface area (Å²) >= 11 is 0. The van der Waals surface area contributed by atoms with Crippen LogP contribution in [-0.4, -0.2) is 22.5 Å². The highest BCUT2D eigenvalue weighted by Gasteiger charge is 2.45. The minimum atomic E-state index is -1.25. The number of carboxylic acid groups (broad SMARTS) is 1. The Balaban J connectivity index is 1.65. The maximum Gasteiger partial charge on any atom is 0.330 e. The molecule has 0 aromatic heterocycles. The molecule has 0 fully saturated rings. The van der Waals surface area contributed by atoms with Crippen molar-refractivity contribution < 1.29 is 14.7 Å². The number of nitrogens with one attached hydrogen (secondary N) is 1. The molecule has 4 nitrogen and oxygen atoms in total. The third-order valence-corrected chi connectivity index (χ3v) is 5.51. The molecular weight excluding hydrogens is 314 g/mol. The standard InChI is InChI=1S/C21H21NO3/c23-19(18-11-5-9-14-6-3-4-10-17(14)18)22-21(20(24)25)12-15-7-1-2-8-16(15)13-21/h1-2,5,7-9,11H,3-4,6,10,12-13H2,(H,22,23)(H,24,25). The summed E-state index contributed by atoms with van der Waals surface area (Å²) in [4.78, 5) is 25.0. The second-order valence-corrected chi connectivity index (χ2v) is 7.11. The number of carbonyl (C=O) groups is 2. The Morgan fingerprint density at radius 3 is 2.20 bits per heavy atom. The van der Waals surface area contributed by atoms with Crippen LogP contribution in [0.4, 0.5) is 0 Å². The molecular formula is C21H21NO3. The van der Waals surface area contributed by atoms with Crippen molar-refractivity contribution in [1.82, 2.24) is 5.32 Å². The van der Waals surface area contributed by atoms with Gasteiger partial charge >= 0.3 is 5.97 Å². The van der Waals surface area contributed by atoms with Gasteiger partial charge in [0.15, 0.2) is 0 Å². The first-order chi connectivity index (χ1) is 12.1. The van der Waals surface area contributed by atoms with E-state index in [0.717, 1.165) is 42.4 Å². The zero-order chi connectivity index (χ0) is 17.4. The zero-order valence-corrected chi connectivity index (χ0v) is 14.0. The smallest absolute Gasteiger partial charge is 0.330 e. The number of aryl methyl sites for hydroxylation is 1. The van der Waals surface area contributed by atoms with Crippen LogP contribution < -0.4 is 5.32 Å². The van der Waals surface area contributed by atoms with Gasteiger partial charge in [-0.25, -0.2) is 4.79 Å². The van der Waals surface area contributed by atoms with Crippen molar-refractivity contribution in [2.24, 2.45) is 0 Å². The van der Waals surface area contributed by atoms with Gasteiger partial charge in [0.05, 0.1) is 0 Å². The van der Waals surface area contributed by atoms with Crippen molar-refractivity contribution in [3.63, 3.8) is 0 Å². The summed E-state index contributed by atoms with van der Waals surface area (Å²) in [5.74, 6) is -1.24. The van der Waals surface area contributed by atoms with Gasteiger partial charge in [-0.15, -0.1) is 0 Å². The average molecular weight is 335 g/mol. The van der Waals surface area contributed by atoms with E-state index in [9.17, 15) is 14.7 Å². The Hall–Kier alpha value is -2.62. The lowest BCUT2D eigenvalue weighted by molar-refractivity contribution is -0.144. The van der Waals surface area contributed by atoms with Gasteiger partial charge in [-0.05, 0) is 54.0 Å². The summed E-state index contributed by atoms with van der Waals surface area (Å²) in [6.45, 7) is 0. The van der Waals surface area contributed by atoms with Gasteiger partial charge in [-0.1, -0.05) is 36.4 Å². The van der Waals surface area contributed by atoms with Gasteiger partial charge in [0.2, 0.25) is 0 Å². The first kappa shape index (κ1) is 15.9. The van der Waals surface area contributed by atoms with E-state index in [1.54, 1.807) is 0 Å². The molecule has 4 heteroatoms. The molecule has 128 valence electrons. The lowest BCUT2D eigenvalue weighted by Gasteiger charge is -2.27. The highest BCUT2D eigenvalue weighted by atomic mass is 16.4. The molecule has 2 aliphatic rings. The fourth-order valence-corrected chi connectivity index (χ4v) is 4.19. The number of fused-ring (bicyclic) bond motifs is 2. The molecule has 2 N–H and O–H groups in total. The zero-order valence-electron chi connectivity index (χ0n) is 14.0. The molecule has 2 aromatic carbocycles. The normalized spacial score (nSPS) is 17.4. The molecule has 2 aliphatic carbocycles. The summed E-state index contributed by atoms with van der Waals surface area (Å²) < 4.78 is 0.